The van der Waals surface area contributed by atoms with E-state index in [0.29, 0.717) is 18.6 Å². The zero-order valence-electron chi connectivity index (χ0n) is 13.7. The Morgan fingerprint density at radius 2 is 2.05 bits per heavy atom. The van der Waals surface area contributed by atoms with Gasteiger partial charge in [-0.05, 0) is 33.4 Å². The molecule has 0 spiro atoms. The molecule has 4 heteroatoms. The van der Waals surface area contributed by atoms with Crippen molar-refractivity contribution in [1.82, 2.24) is 9.80 Å². The van der Waals surface area contributed by atoms with Crippen LogP contribution in [0.4, 0.5) is 0 Å². The van der Waals surface area contributed by atoms with Crippen LogP contribution < -0.4 is 0 Å². The number of hydrogen-bond donors (Lipinski definition) is 0. The van der Waals surface area contributed by atoms with Crippen LogP contribution in [-0.4, -0.2) is 54.7 Å². The van der Waals surface area contributed by atoms with Gasteiger partial charge in [-0.15, -0.1) is 0 Å². The number of rotatable bonds is 8. The molecule has 20 heavy (non-hydrogen) atoms. The second kappa shape index (κ2) is 7.21. The third-order valence-electron chi connectivity index (χ3n) is 4.31. The number of amides is 1. The van der Waals surface area contributed by atoms with E-state index >= 15 is 0 Å². The largest absolute Gasteiger partial charge is 0.340 e. The van der Waals surface area contributed by atoms with E-state index in [1.165, 1.54) is 0 Å². The predicted octanol–water partition coefficient (Wildman–Crippen LogP) is 2.32. The van der Waals surface area contributed by atoms with Crippen molar-refractivity contribution >= 4 is 11.7 Å². The van der Waals surface area contributed by atoms with Crippen LogP contribution in [0.25, 0.3) is 0 Å². The van der Waals surface area contributed by atoms with E-state index in [1.807, 2.05) is 37.7 Å². The molecule has 0 aliphatic carbocycles. The maximum Gasteiger partial charge on any atom is 0.222 e. The highest BCUT2D eigenvalue weighted by molar-refractivity contribution is 5.84. The number of ketones is 1. The molecule has 0 aromatic heterocycles. The number of likely N-dealkylation sites (tertiary alicyclic amines) is 1. The molecule has 0 radical (unpaired) electrons. The van der Waals surface area contributed by atoms with Gasteiger partial charge in [-0.1, -0.05) is 20.8 Å². The molecular formula is C16H30N2O2. The quantitative estimate of drug-likeness (QED) is 0.686. The predicted molar refractivity (Wildman–Crippen MR) is 81.6 cm³/mol. The Morgan fingerprint density at radius 1 is 1.40 bits per heavy atom. The molecule has 1 heterocycles. The molecule has 1 fully saturated rings. The lowest BCUT2D eigenvalue weighted by atomic mass is 9.79. The standard InChI is InChI=1S/C16H30N2O2/c1-6-13(18-10-7-8-15(18)20)12-16(2,3)14(19)9-11-17(4)5/h13H,6-12H2,1-5H3. The van der Waals surface area contributed by atoms with Crippen molar-refractivity contribution in [3.63, 3.8) is 0 Å². The van der Waals surface area contributed by atoms with Gasteiger partial charge >= 0.3 is 0 Å². The van der Waals surface area contributed by atoms with Gasteiger partial charge in [-0.3, -0.25) is 9.59 Å². The fourth-order valence-electron chi connectivity index (χ4n) is 2.90. The maximum atomic E-state index is 12.4. The number of Topliss-reactive ketones (excluding diaryl/α,β-unsaturated/α-hetero) is 1. The van der Waals surface area contributed by atoms with Crippen molar-refractivity contribution in [3.05, 3.63) is 0 Å². The van der Waals surface area contributed by atoms with Crippen LogP contribution in [-0.2, 0) is 9.59 Å². The normalized spacial score (nSPS) is 17.9. The Hall–Kier alpha value is -0.900. The van der Waals surface area contributed by atoms with E-state index in [0.717, 1.165) is 32.4 Å². The van der Waals surface area contributed by atoms with Gasteiger partial charge in [0.25, 0.3) is 0 Å². The van der Waals surface area contributed by atoms with Gasteiger partial charge in [-0.25, -0.2) is 0 Å². The summed E-state index contributed by atoms with van der Waals surface area (Å²) in [6, 6.07) is 0.211. The molecule has 116 valence electrons. The van der Waals surface area contributed by atoms with E-state index in [-0.39, 0.29) is 17.4 Å². The van der Waals surface area contributed by atoms with Crippen LogP contribution in [0.5, 0.6) is 0 Å². The summed E-state index contributed by atoms with van der Waals surface area (Å²) in [5, 5.41) is 0. The third kappa shape index (κ3) is 4.58. The third-order valence-corrected chi connectivity index (χ3v) is 4.31. The molecule has 0 aromatic carbocycles. The zero-order valence-corrected chi connectivity index (χ0v) is 13.7. The lowest BCUT2D eigenvalue weighted by Gasteiger charge is -2.34. The van der Waals surface area contributed by atoms with Gasteiger partial charge in [0.2, 0.25) is 5.91 Å². The molecule has 1 atom stereocenters. The molecule has 0 saturated carbocycles. The van der Waals surface area contributed by atoms with Gasteiger partial charge in [0, 0.05) is 37.4 Å². The van der Waals surface area contributed by atoms with Crippen LogP contribution in [0.15, 0.2) is 0 Å². The SMILES string of the molecule is CCC(CC(C)(C)C(=O)CCN(C)C)N1CCCC1=O. The summed E-state index contributed by atoms with van der Waals surface area (Å²) >= 11 is 0. The summed E-state index contributed by atoms with van der Waals surface area (Å²) in [5.41, 5.74) is -0.348. The van der Waals surface area contributed by atoms with Gasteiger partial charge in [0.15, 0.2) is 0 Å². The number of nitrogens with zero attached hydrogens (tertiary/aromatic N) is 2. The van der Waals surface area contributed by atoms with Crippen molar-refractivity contribution in [1.29, 1.82) is 0 Å². The van der Waals surface area contributed by atoms with Crippen molar-refractivity contribution in [3.8, 4) is 0 Å². The van der Waals surface area contributed by atoms with Crippen molar-refractivity contribution in [2.45, 2.75) is 58.9 Å². The Balaban J connectivity index is 2.62. The van der Waals surface area contributed by atoms with Crippen LogP contribution in [0.1, 0.15) is 52.9 Å². The maximum absolute atomic E-state index is 12.4. The number of carbonyl (C=O) groups is 2. The molecule has 1 saturated heterocycles. The number of hydrogen-bond acceptors (Lipinski definition) is 3. The van der Waals surface area contributed by atoms with Crippen LogP contribution >= 0.6 is 0 Å². The molecule has 4 nitrogen and oxygen atoms in total. The van der Waals surface area contributed by atoms with E-state index in [9.17, 15) is 9.59 Å². The summed E-state index contributed by atoms with van der Waals surface area (Å²) < 4.78 is 0. The average molecular weight is 282 g/mol. The molecule has 0 aromatic rings. The van der Waals surface area contributed by atoms with Gasteiger partial charge in [-0.2, -0.15) is 0 Å². The van der Waals surface area contributed by atoms with Crippen LogP contribution in [0.3, 0.4) is 0 Å². The van der Waals surface area contributed by atoms with E-state index in [2.05, 4.69) is 6.92 Å². The molecule has 1 aliphatic heterocycles. The fraction of sp³-hybridized carbons (Fsp3) is 0.875. The molecule has 1 aliphatic rings. The minimum Gasteiger partial charge on any atom is -0.340 e. The smallest absolute Gasteiger partial charge is 0.222 e. The van der Waals surface area contributed by atoms with Crippen LogP contribution in [0, 0.1) is 5.41 Å². The van der Waals surface area contributed by atoms with Crippen molar-refractivity contribution in [2.24, 2.45) is 5.41 Å². The Bertz CT molecular complexity index is 350. The minimum absolute atomic E-state index is 0.211. The van der Waals surface area contributed by atoms with Crippen molar-refractivity contribution < 1.29 is 9.59 Å². The molecule has 1 unspecified atom stereocenters. The summed E-state index contributed by atoms with van der Waals surface area (Å²) in [4.78, 5) is 28.3. The first-order valence-corrected chi connectivity index (χ1v) is 7.75. The monoisotopic (exact) mass is 282 g/mol. The Labute approximate surface area is 123 Å². The first-order chi connectivity index (χ1) is 9.27. The molecule has 1 amide bonds. The van der Waals surface area contributed by atoms with Crippen LogP contribution in [0.2, 0.25) is 0 Å². The zero-order chi connectivity index (χ0) is 15.3. The summed E-state index contributed by atoms with van der Waals surface area (Å²) in [6.45, 7) is 7.81. The average Bonchev–Trinajstić information content (AvgIpc) is 2.79. The van der Waals surface area contributed by atoms with Gasteiger partial charge in [0.1, 0.15) is 5.78 Å². The van der Waals surface area contributed by atoms with Gasteiger partial charge < -0.3 is 9.80 Å². The Morgan fingerprint density at radius 3 is 2.50 bits per heavy atom. The van der Waals surface area contributed by atoms with E-state index in [1.54, 1.807) is 0 Å². The minimum atomic E-state index is -0.348. The summed E-state index contributed by atoms with van der Waals surface area (Å²) in [6.07, 6.45) is 3.93. The molecule has 1 rings (SSSR count). The Kier molecular flexibility index (Phi) is 6.18. The molecule has 0 bridgehead atoms. The van der Waals surface area contributed by atoms with Gasteiger partial charge in [0.05, 0.1) is 0 Å². The summed E-state index contributed by atoms with van der Waals surface area (Å²) in [5.74, 6) is 0.560. The fourth-order valence-corrected chi connectivity index (χ4v) is 2.90. The second-order valence-corrected chi connectivity index (χ2v) is 6.82. The second-order valence-electron chi connectivity index (χ2n) is 6.82. The molecule has 0 N–H and O–H groups in total. The van der Waals surface area contributed by atoms with E-state index < -0.39 is 0 Å². The first-order valence-electron chi connectivity index (χ1n) is 7.75. The highest BCUT2D eigenvalue weighted by Gasteiger charge is 2.34. The number of carbonyl (C=O) groups excluding carboxylic acids is 2. The summed E-state index contributed by atoms with van der Waals surface area (Å²) in [7, 11) is 3.97. The topological polar surface area (TPSA) is 40.6 Å². The first kappa shape index (κ1) is 17.2. The lowest BCUT2D eigenvalue weighted by molar-refractivity contribution is -0.133. The molecular weight excluding hydrogens is 252 g/mol. The lowest BCUT2D eigenvalue weighted by Crippen LogP contribution is -2.41. The highest BCUT2D eigenvalue weighted by Crippen LogP contribution is 2.30. The van der Waals surface area contributed by atoms with E-state index in [4.69, 9.17) is 0 Å². The van der Waals surface area contributed by atoms with Crippen molar-refractivity contribution in [2.75, 3.05) is 27.2 Å². The highest BCUT2D eigenvalue weighted by atomic mass is 16.2.